The van der Waals surface area contributed by atoms with E-state index in [1.165, 1.54) is 17.5 Å². The molecule has 0 aliphatic carbocycles. The topological polar surface area (TPSA) is 78.1 Å². The van der Waals surface area contributed by atoms with Crippen molar-refractivity contribution in [2.75, 3.05) is 0 Å². The average molecular weight is 353 g/mol. The van der Waals surface area contributed by atoms with Gasteiger partial charge in [0, 0.05) is 6.20 Å². The van der Waals surface area contributed by atoms with Crippen molar-refractivity contribution in [2.24, 2.45) is 0 Å². The SMILES string of the molecule is CC(C)c1noc2ncc(C(=O)OCc3nc4ccccc4s3)cc12. The Kier molecular flexibility index (Phi) is 3.93. The summed E-state index contributed by atoms with van der Waals surface area (Å²) in [4.78, 5) is 21.0. The number of hydrogen-bond acceptors (Lipinski definition) is 7. The normalized spacial score (nSPS) is 11.5. The summed E-state index contributed by atoms with van der Waals surface area (Å²) in [5.74, 6) is -0.262. The van der Waals surface area contributed by atoms with E-state index in [9.17, 15) is 4.79 Å². The zero-order valence-corrected chi connectivity index (χ0v) is 14.5. The zero-order valence-electron chi connectivity index (χ0n) is 13.7. The van der Waals surface area contributed by atoms with Crippen LogP contribution >= 0.6 is 11.3 Å². The Hall–Kier alpha value is -2.80. The molecule has 25 heavy (non-hydrogen) atoms. The molecule has 3 aromatic heterocycles. The Labute approximate surface area is 147 Å². The number of fused-ring (bicyclic) bond motifs is 2. The lowest BCUT2D eigenvalue weighted by molar-refractivity contribution is 0.0472. The van der Waals surface area contributed by atoms with E-state index in [0.29, 0.717) is 11.3 Å². The number of pyridine rings is 1. The van der Waals surface area contributed by atoms with E-state index in [-0.39, 0.29) is 12.5 Å². The summed E-state index contributed by atoms with van der Waals surface area (Å²) in [6, 6.07) is 9.55. The first-order valence-corrected chi connectivity index (χ1v) is 8.70. The van der Waals surface area contributed by atoms with Gasteiger partial charge in [-0.3, -0.25) is 0 Å². The van der Waals surface area contributed by atoms with E-state index in [2.05, 4.69) is 15.1 Å². The van der Waals surface area contributed by atoms with E-state index in [0.717, 1.165) is 26.3 Å². The summed E-state index contributed by atoms with van der Waals surface area (Å²) >= 11 is 1.52. The number of carbonyl (C=O) groups excluding carboxylic acids is 1. The van der Waals surface area contributed by atoms with Crippen molar-refractivity contribution in [3.63, 3.8) is 0 Å². The number of thiazole rings is 1. The van der Waals surface area contributed by atoms with Crippen molar-refractivity contribution in [3.8, 4) is 0 Å². The molecule has 3 heterocycles. The van der Waals surface area contributed by atoms with E-state index >= 15 is 0 Å². The number of esters is 1. The van der Waals surface area contributed by atoms with Gasteiger partial charge in [0.25, 0.3) is 5.71 Å². The molecule has 0 fully saturated rings. The minimum Gasteiger partial charge on any atom is -0.455 e. The van der Waals surface area contributed by atoms with Crippen molar-refractivity contribution in [1.29, 1.82) is 0 Å². The highest BCUT2D eigenvalue weighted by Crippen LogP contribution is 2.25. The third kappa shape index (κ3) is 2.98. The lowest BCUT2D eigenvalue weighted by Gasteiger charge is -2.03. The molecule has 0 saturated carbocycles. The van der Waals surface area contributed by atoms with Gasteiger partial charge in [-0.1, -0.05) is 31.1 Å². The molecule has 6 nitrogen and oxygen atoms in total. The maximum Gasteiger partial charge on any atom is 0.340 e. The van der Waals surface area contributed by atoms with Gasteiger partial charge >= 0.3 is 5.97 Å². The molecule has 4 rings (SSSR count). The summed E-state index contributed by atoms with van der Waals surface area (Å²) in [7, 11) is 0. The van der Waals surface area contributed by atoms with Crippen LogP contribution in [-0.2, 0) is 11.3 Å². The summed E-state index contributed by atoms with van der Waals surface area (Å²) in [6.07, 6.45) is 1.44. The highest BCUT2D eigenvalue weighted by atomic mass is 32.1. The number of carbonyl (C=O) groups is 1. The predicted octanol–water partition coefficient (Wildman–Crippen LogP) is 4.31. The average Bonchev–Trinajstić information content (AvgIpc) is 3.22. The maximum absolute atomic E-state index is 12.3. The van der Waals surface area contributed by atoms with Crippen LogP contribution in [-0.4, -0.2) is 21.1 Å². The van der Waals surface area contributed by atoms with Gasteiger partial charge in [-0.2, -0.15) is 0 Å². The molecular weight excluding hydrogens is 338 g/mol. The molecule has 4 aromatic rings. The van der Waals surface area contributed by atoms with E-state index in [4.69, 9.17) is 9.26 Å². The number of benzene rings is 1. The monoisotopic (exact) mass is 353 g/mol. The van der Waals surface area contributed by atoms with Crippen LogP contribution in [0.1, 0.15) is 40.8 Å². The first-order chi connectivity index (χ1) is 12.1. The number of hydrogen-bond donors (Lipinski definition) is 0. The fourth-order valence-electron chi connectivity index (χ4n) is 2.57. The number of rotatable bonds is 4. The first kappa shape index (κ1) is 15.7. The van der Waals surface area contributed by atoms with Gasteiger partial charge in [-0.25, -0.2) is 14.8 Å². The second kappa shape index (κ2) is 6.25. The Morgan fingerprint density at radius 3 is 2.96 bits per heavy atom. The number of ether oxygens (including phenoxy) is 1. The minimum atomic E-state index is -0.440. The second-order valence-corrected chi connectivity index (χ2v) is 7.07. The van der Waals surface area contributed by atoms with Crippen LogP contribution in [0.2, 0.25) is 0 Å². The quantitative estimate of drug-likeness (QED) is 0.509. The van der Waals surface area contributed by atoms with Gasteiger partial charge in [-0.15, -0.1) is 11.3 Å². The van der Waals surface area contributed by atoms with Gasteiger partial charge in [0.2, 0.25) is 0 Å². The molecule has 126 valence electrons. The third-order valence-corrected chi connectivity index (χ3v) is 4.81. The zero-order chi connectivity index (χ0) is 17.4. The summed E-state index contributed by atoms with van der Waals surface area (Å²) in [5.41, 5.74) is 2.49. The lowest BCUT2D eigenvalue weighted by atomic mass is 10.1. The van der Waals surface area contributed by atoms with Gasteiger partial charge in [0.15, 0.2) is 0 Å². The Morgan fingerprint density at radius 2 is 2.16 bits per heavy atom. The molecule has 0 saturated heterocycles. The van der Waals surface area contributed by atoms with Crippen LogP contribution in [0.15, 0.2) is 41.1 Å². The van der Waals surface area contributed by atoms with Gasteiger partial charge in [-0.05, 0) is 24.1 Å². The summed E-state index contributed by atoms with van der Waals surface area (Å²) in [5, 5.41) is 5.52. The number of aromatic nitrogens is 3. The van der Waals surface area contributed by atoms with Crippen LogP contribution < -0.4 is 0 Å². The first-order valence-electron chi connectivity index (χ1n) is 7.88. The van der Waals surface area contributed by atoms with Crippen LogP contribution in [0, 0.1) is 0 Å². The predicted molar refractivity (Wildman–Crippen MR) is 94.6 cm³/mol. The van der Waals surface area contributed by atoms with Crippen LogP contribution in [0.3, 0.4) is 0 Å². The second-order valence-electron chi connectivity index (χ2n) is 5.95. The molecule has 0 spiro atoms. The summed E-state index contributed by atoms with van der Waals surface area (Å²) < 4.78 is 11.6. The van der Waals surface area contributed by atoms with Crippen molar-refractivity contribution < 1.29 is 14.1 Å². The van der Waals surface area contributed by atoms with Crippen molar-refractivity contribution in [2.45, 2.75) is 26.4 Å². The van der Waals surface area contributed by atoms with Crippen molar-refractivity contribution in [3.05, 3.63) is 52.8 Å². The fraction of sp³-hybridized carbons (Fsp3) is 0.222. The van der Waals surface area contributed by atoms with Gasteiger partial charge in [0.05, 0.1) is 26.9 Å². The van der Waals surface area contributed by atoms with Gasteiger partial charge in [0.1, 0.15) is 11.6 Å². The van der Waals surface area contributed by atoms with Gasteiger partial charge < -0.3 is 9.26 Å². The van der Waals surface area contributed by atoms with Crippen LogP contribution in [0.5, 0.6) is 0 Å². The Morgan fingerprint density at radius 1 is 1.32 bits per heavy atom. The molecule has 0 radical (unpaired) electrons. The highest BCUT2D eigenvalue weighted by molar-refractivity contribution is 7.18. The molecule has 0 N–H and O–H groups in total. The van der Waals surface area contributed by atoms with E-state index < -0.39 is 5.97 Å². The lowest BCUT2D eigenvalue weighted by Crippen LogP contribution is -2.05. The van der Waals surface area contributed by atoms with Crippen molar-refractivity contribution >= 4 is 38.6 Å². The highest BCUT2D eigenvalue weighted by Gasteiger charge is 2.17. The molecule has 0 amide bonds. The molecule has 0 atom stereocenters. The third-order valence-electron chi connectivity index (χ3n) is 3.81. The molecule has 7 heteroatoms. The minimum absolute atomic E-state index is 0.136. The molecule has 0 aliphatic heterocycles. The van der Waals surface area contributed by atoms with Crippen molar-refractivity contribution in [1.82, 2.24) is 15.1 Å². The fourth-order valence-corrected chi connectivity index (χ4v) is 3.45. The summed E-state index contributed by atoms with van der Waals surface area (Å²) in [6.45, 7) is 4.15. The van der Waals surface area contributed by atoms with Crippen LogP contribution in [0.25, 0.3) is 21.3 Å². The Bertz CT molecular complexity index is 1030. The number of para-hydroxylation sites is 1. The molecule has 0 aliphatic rings. The van der Waals surface area contributed by atoms with E-state index in [1.54, 1.807) is 6.07 Å². The maximum atomic E-state index is 12.3. The molecule has 1 aromatic carbocycles. The largest absolute Gasteiger partial charge is 0.455 e. The van der Waals surface area contributed by atoms with E-state index in [1.807, 2.05) is 38.1 Å². The molecule has 0 unspecified atom stereocenters. The molecular formula is C18H15N3O3S. The smallest absolute Gasteiger partial charge is 0.340 e. The molecule has 0 bridgehead atoms. The number of nitrogens with zero attached hydrogens (tertiary/aromatic N) is 3. The van der Waals surface area contributed by atoms with Crippen LogP contribution in [0.4, 0.5) is 0 Å². The Balaban J connectivity index is 1.54. The standard InChI is InChI=1S/C18H15N3O3S/c1-10(2)16-12-7-11(8-19-17(12)24-21-16)18(22)23-9-15-20-13-5-3-4-6-14(13)25-15/h3-8,10H,9H2,1-2H3.